The lowest BCUT2D eigenvalue weighted by molar-refractivity contribution is -0.118. The summed E-state index contributed by atoms with van der Waals surface area (Å²) in [5, 5.41) is 12.0. The number of halogens is 1. The van der Waals surface area contributed by atoms with E-state index in [1.54, 1.807) is 29.3 Å². The summed E-state index contributed by atoms with van der Waals surface area (Å²) in [5.74, 6) is 0.845. The molecule has 0 saturated carbocycles. The van der Waals surface area contributed by atoms with Gasteiger partial charge >= 0.3 is 0 Å². The molecule has 6 nitrogen and oxygen atoms in total. The van der Waals surface area contributed by atoms with E-state index in [0.717, 1.165) is 5.69 Å². The Hall–Kier alpha value is -2.25. The Labute approximate surface area is 141 Å². The van der Waals surface area contributed by atoms with Gasteiger partial charge in [-0.2, -0.15) is 0 Å². The van der Waals surface area contributed by atoms with Crippen LogP contribution in [0.3, 0.4) is 0 Å². The molecule has 8 heteroatoms. The summed E-state index contributed by atoms with van der Waals surface area (Å²) in [5.41, 5.74) is 0.848. The van der Waals surface area contributed by atoms with Crippen molar-refractivity contribution in [1.29, 1.82) is 0 Å². The van der Waals surface area contributed by atoms with E-state index in [9.17, 15) is 4.79 Å². The lowest BCUT2D eigenvalue weighted by atomic mass is 10.3. The molecule has 0 radical (unpaired) electrons. The molecule has 0 unspecified atom stereocenters. The Morgan fingerprint density at radius 3 is 3.04 bits per heavy atom. The van der Waals surface area contributed by atoms with Gasteiger partial charge in [0.25, 0.3) is 0 Å². The highest BCUT2D eigenvalue weighted by Gasteiger charge is 2.10. The van der Waals surface area contributed by atoms with Crippen LogP contribution in [0.15, 0.2) is 58.6 Å². The van der Waals surface area contributed by atoms with Crippen LogP contribution < -0.4 is 5.32 Å². The normalized spacial score (nSPS) is 10.7. The maximum absolute atomic E-state index is 11.9. The second-order valence-electron chi connectivity index (χ2n) is 4.61. The Balaban J connectivity index is 1.58. The van der Waals surface area contributed by atoms with Gasteiger partial charge in [0.2, 0.25) is 5.91 Å². The number of benzene rings is 1. The van der Waals surface area contributed by atoms with Crippen LogP contribution in [0.1, 0.15) is 5.76 Å². The number of furan rings is 1. The van der Waals surface area contributed by atoms with Crippen LogP contribution in [0.5, 0.6) is 0 Å². The van der Waals surface area contributed by atoms with Crippen molar-refractivity contribution >= 4 is 29.3 Å². The minimum absolute atomic E-state index is 0.105. The van der Waals surface area contributed by atoms with E-state index in [2.05, 4.69) is 15.5 Å². The van der Waals surface area contributed by atoms with E-state index in [-0.39, 0.29) is 11.7 Å². The van der Waals surface area contributed by atoms with Gasteiger partial charge in [0.15, 0.2) is 5.16 Å². The molecule has 0 bridgehead atoms. The van der Waals surface area contributed by atoms with Crippen molar-refractivity contribution in [1.82, 2.24) is 20.1 Å². The second kappa shape index (κ2) is 7.34. The quantitative estimate of drug-likeness (QED) is 0.693. The molecule has 0 spiro atoms. The summed E-state index contributed by atoms with van der Waals surface area (Å²) < 4.78 is 6.95. The summed E-state index contributed by atoms with van der Waals surface area (Å²) in [6, 6.07) is 10.9. The molecule has 0 aliphatic carbocycles. The SMILES string of the molecule is O=C(CSc1nncn1-c1cccc(Cl)c1)NCc1ccco1. The minimum atomic E-state index is -0.105. The first-order valence-corrected chi connectivity index (χ1v) is 8.16. The van der Waals surface area contributed by atoms with Crippen molar-refractivity contribution in [3.63, 3.8) is 0 Å². The molecule has 0 saturated heterocycles. The fraction of sp³-hybridized carbons (Fsp3) is 0.133. The van der Waals surface area contributed by atoms with Crippen LogP contribution in [0, 0.1) is 0 Å². The van der Waals surface area contributed by atoms with Gasteiger partial charge in [-0.05, 0) is 30.3 Å². The number of carbonyl (C=O) groups is 1. The predicted molar refractivity (Wildman–Crippen MR) is 87.6 cm³/mol. The average molecular weight is 349 g/mol. The molecular weight excluding hydrogens is 336 g/mol. The first-order valence-electron chi connectivity index (χ1n) is 6.80. The maximum atomic E-state index is 11.9. The lowest BCUT2D eigenvalue weighted by Crippen LogP contribution is -2.24. The molecule has 0 aliphatic rings. The summed E-state index contributed by atoms with van der Waals surface area (Å²) >= 11 is 7.30. The molecule has 1 N–H and O–H groups in total. The Morgan fingerprint density at radius 2 is 2.26 bits per heavy atom. The predicted octanol–water partition coefficient (Wildman–Crippen LogP) is 2.92. The van der Waals surface area contributed by atoms with Gasteiger partial charge in [-0.25, -0.2) is 0 Å². The molecule has 0 aliphatic heterocycles. The molecule has 2 heterocycles. The summed E-state index contributed by atoms with van der Waals surface area (Å²) in [7, 11) is 0. The molecule has 2 aromatic heterocycles. The molecule has 3 rings (SSSR count). The van der Waals surface area contributed by atoms with E-state index < -0.39 is 0 Å². The molecule has 3 aromatic rings. The molecule has 1 amide bonds. The van der Waals surface area contributed by atoms with Crippen molar-refractivity contribution in [2.75, 3.05) is 5.75 Å². The average Bonchev–Trinajstić information content (AvgIpc) is 3.22. The first-order chi connectivity index (χ1) is 11.2. The highest BCUT2D eigenvalue weighted by atomic mass is 35.5. The van der Waals surface area contributed by atoms with E-state index in [0.29, 0.717) is 22.5 Å². The second-order valence-corrected chi connectivity index (χ2v) is 5.99. The number of hydrogen-bond donors (Lipinski definition) is 1. The summed E-state index contributed by atoms with van der Waals surface area (Å²) in [6.07, 6.45) is 3.17. The van der Waals surface area contributed by atoms with Gasteiger partial charge in [-0.1, -0.05) is 29.4 Å². The van der Waals surface area contributed by atoms with Crippen LogP contribution in [-0.2, 0) is 11.3 Å². The van der Waals surface area contributed by atoms with E-state index >= 15 is 0 Å². The van der Waals surface area contributed by atoms with Crippen LogP contribution in [-0.4, -0.2) is 26.4 Å². The monoisotopic (exact) mass is 348 g/mol. The number of thioether (sulfide) groups is 1. The fourth-order valence-electron chi connectivity index (χ4n) is 1.91. The van der Waals surface area contributed by atoms with E-state index in [1.807, 2.05) is 24.3 Å². The number of carbonyl (C=O) groups excluding carboxylic acids is 1. The van der Waals surface area contributed by atoms with E-state index in [4.69, 9.17) is 16.0 Å². The fourth-order valence-corrected chi connectivity index (χ4v) is 2.85. The van der Waals surface area contributed by atoms with Crippen molar-refractivity contribution in [2.24, 2.45) is 0 Å². The van der Waals surface area contributed by atoms with Crippen molar-refractivity contribution in [3.8, 4) is 5.69 Å². The highest BCUT2D eigenvalue weighted by Crippen LogP contribution is 2.21. The number of rotatable bonds is 6. The lowest BCUT2D eigenvalue weighted by Gasteiger charge is -2.06. The van der Waals surface area contributed by atoms with Crippen LogP contribution >= 0.6 is 23.4 Å². The Bertz CT molecular complexity index is 788. The number of amides is 1. The van der Waals surface area contributed by atoms with Crippen molar-refractivity contribution in [2.45, 2.75) is 11.7 Å². The smallest absolute Gasteiger partial charge is 0.230 e. The van der Waals surface area contributed by atoms with Gasteiger partial charge in [-0.3, -0.25) is 9.36 Å². The number of nitrogens with zero attached hydrogens (tertiary/aromatic N) is 3. The molecule has 0 atom stereocenters. The van der Waals surface area contributed by atoms with Crippen LogP contribution in [0.25, 0.3) is 5.69 Å². The topological polar surface area (TPSA) is 73.0 Å². The largest absolute Gasteiger partial charge is 0.467 e. The third kappa shape index (κ3) is 4.14. The summed E-state index contributed by atoms with van der Waals surface area (Å²) in [4.78, 5) is 11.9. The third-order valence-electron chi connectivity index (χ3n) is 2.98. The number of nitrogens with one attached hydrogen (secondary N) is 1. The van der Waals surface area contributed by atoms with Gasteiger partial charge in [0, 0.05) is 5.02 Å². The standard InChI is InChI=1S/C15H13ClN4O2S/c16-11-3-1-4-12(7-11)20-10-18-19-15(20)23-9-14(21)17-8-13-5-2-6-22-13/h1-7,10H,8-9H2,(H,17,21). The Kier molecular flexibility index (Phi) is 4.99. The molecular formula is C15H13ClN4O2S. The van der Waals surface area contributed by atoms with Gasteiger partial charge in [0.05, 0.1) is 24.2 Å². The molecule has 23 heavy (non-hydrogen) atoms. The van der Waals surface area contributed by atoms with Crippen LogP contribution in [0.4, 0.5) is 0 Å². The number of hydrogen-bond acceptors (Lipinski definition) is 5. The maximum Gasteiger partial charge on any atom is 0.230 e. The molecule has 118 valence electrons. The van der Waals surface area contributed by atoms with Crippen molar-refractivity contribution < 1.29 is 9.21 Å². The molecule has 0 fully saturated rings. The molecule has 1 aromatic carbocycles. The van der Waals surface area contributed by atoms with Gasteiger partial charge < -0.3 is 9.73 Å². The summed E-state index contributed by atoms with van der Waals surface area (Å²) in [6.45, 7) is 0.368. The van der Waals surface area contributed by atoms with Gasteiger partial charge in [-0.15, -0.1) is 10.2 Å². The zero-order chi connectivity index (χ0) is 16.1. The first kappa shape index (κ1) is 15.6. The zero-order valence-electron chi connectivity index (χ0n) is 12.0. The highest BCUT2D eigenvalue weighted by molar-refractivity contribution is 7.99. The minimum Gasteiger partial charge on any atom is -0.467 e. The Morgan fingerprint density at radius 1 is 1.35 bits per heavy atom. The van der Waals surface area contributed by atoms with E-state index in [1.165, 1.54) is 11.8 Å². The number of aromatic nitrogens is 3. The van der Waals surface area contributed by atoms with Crippen LogP contribution in [0.2, 0.25) is 5.02 Å². The van der Waals surface area contributed by atoms with Gasteiger partial charge in [0.1, 0.15) is 12.1 Å². The third-order valence-corrected chi connectivity index (χ3v) is 4.15. The van der Waals surface area contributed by atoms with Crippen molar-refractivity contribution in [3.05, 3.63) is 59.8 Å². The zero-order valence-corrected chi connectivity index (χ0v) is 13.5.